The number of anilines is 1. The third-order valence-electron chi connectivity index (χ3n) is 2.52. The van der Waals surface area contributed by atoms with Crippen molar-refractivity contribution in [1.82, 2.24) is 0 Å². The molecule has 0 aliphatic carbocycles. The van der Waals surface area contributed by atoms with Crippen molar-refractivity contribution in [2.75, 3.05) is 19.0 Å². The largest absolute Gasteiger partial charge is 0.468 e. The number of carbonyl (C=O) groups is 1. The Bertz CT molecular complexity index is 554. The molecule has 2 aromatic rings. The van der Waals surface area contributed by atoms with Crippen molar-refractivity contribution in [2.24, 2.45) is 0 Å². The molecule has 1 N–H and O–H groups in total. The number of halogens is 1. The fourth-order valence-electron chi connectivity index (χ4n) is 1.66. The van der Waals surface area contributed by atoms with E-state index < -0.39 is 0 Å². The summed E-state index contributed by atoms with van der Waals surface area (Å²) in [6.45, 7) is 0.169. The van der Waals surface area contributed by atoms with Crippen LogP contribution in [0.3, 0.4) is 0 Å². The molecule has 4 heteroatoms. The van der Waals surface area contributed by atoms with Crippen molar-refractivity contribution in [3.8, 4) is 0 Å². The Kier molecular flexibility index (Phi) is 3.64. The fraction of sp³-hybridized carbons (Fsp3) is 0.154. The smallest absolute Gasteiger partial charge is 0.325 e. The Morgan fingerprint density at radius 1 is 1.24 bits per heavy atom. The average Bonchev–Trinajstić information content (AvgIpc) is 2.38. The van der Waals surface area contributed by atoms with Gasteiger partial charge in [0.2, 0.25) is 0 Å². The normalized spacial score (nSPS) is 10.2. The van der Waals surface area contributed by atoms with Crippen LogP contribution in [0.4, 0.5) is 5.69 Å². The topological polar surface area (TPSA) is 38.3 Å². The standard InChI is InChI=1S/C13H12BrNO2/c1-17-13(16)8-15-12-7-6-11(14)9-4-2-3-5-10(9)12/h2-7,15H,8H2,1H3. The van der Waals surface area contributed by atoms with Gasteiger partial charge in [0.05, 0.1) is 7.11 Å². The van der Waals surface area contributed by atoms with Gasteiger partial charge in [0.1, 0.15) is 6.54 Å². The number of fused-ring (bicyclic) bond motifs is 1. The van der Waals surface area contributed by atoms with Crippen LogP contribution in [0.15, 0.2) is 40.9 Å². The molecule has 0 aromatic heterocycles. The highest BCUT2D eigenvalue weighted by Gasteiger charge is 2.05. The van der Waals surface area contributed by atoms with E-state index >= 15 is 0 Å². The predicted molar refractivity (Wildman–Crippen MR) is 72.2 cm³/mol. The van der Waals surface area contributed by atoms with E-state index in [0.717, 1.165) is 20.9 Å². The zero-order valence-corrected chi connectivity index (χ0v) is 11.0. The number of hydrogen-bond acceptors (Lipinski definition) is 3. The van der Waals surface area contributed by atoms with Gasteiger partial charge in [-0.15, -0.1) is 0 Å². The van der Waals surface area contributed by atoms with Gasteiger partial charge < -0.3 is 10.1 Å². The van der Waals surface area contributed by atoms with E-state index in [9.17, 15) is 4.79 Å². The molecule has 0 aliphatic rings. The number of methoxy groups -OCH3 is 1. The van der Waals surface area contributed by atoms with Crippen LogP contribution in [0.25, 0.3) is 10.8 Å². The van der Waals surface area contributed by atoms with Crippen LogP contribution in [-0.4, -0.2) is 19.6 Å². The van der Waals surface area contributed by atoms with Crippen LogP contribution in [0.1, 0.15) is 0 Å². The predicted octanol–water partition coefficient (Wildman–Crippen LogP) is 3.19. The molecule has 17 heavy (non-hydrogen) atoms. The van der Waals surface area contributed by atoms with Gasteiger partial charge >= 0.3 is 5.97 Å². The average molecular weight is 294 g/mol. The van der Waals surface area contributed by atoms with Crippen molar-refractivity contribution in [2.45, 2.75) is 0 Å². The Morgan fingerprint density at radius 3 is 2.65 bits per heavy atom. The lowest BCUT2D eigenvalue weighted by atomic mass is 10.1. The molecule has 2 rings (SSSR count). The quantitative estimate of drug-likeness (QED) is 0.884. The Hall–Kier alpha value is -1.55. The monoisotopic (exact) mass is 293 g/mol. The summed E-state index contributed by atoms with van der Waals surface area (Å²) in [6.07, 6.45) is 0. The van der Waals surface area contributed by atoms with Crippen LogP contribution in [0.5, 0.6) is 0 Å². The highest BCUT2D eigenvalue weighted by Crippen LogP contribution is 2.29. The van der Waals surface area contributed by atoms with Crippen molar-refractivity contribution >= 4 is 38.4 Å². The maximum atomic E-state index is 11.1. The molecule has 0 bridgehead atoms. The summed E-state index contributed by atoms with van der Waals surface area (Å²) in [5.74, 6) is -0.281. The van der Waals surface area contributed by atoms with Crippen LogP contribution in [-0.2, 0) is 9.53 Å². The molecule has 88 valence electrons. The Balaban J connectivity index is 2.35. The number of nitrogens with one attached hydrogen (secondary N) is 1. The second-order valence-electron chi connectivity index (χ2n) is 3.57. The number of carbonyl (C=O) groups excluding carboxylic acids is 1. The Labute approximate surface area is 108 Å². The fourth-order valence-corrected chi connectivity index (χ4v) is 2.13. The molecule has 0 heterocycles. The van der Waals surface area contributed by atoms with E-state index in [-0.39, 0.29) is 12.5 Å². The molecular weight excluding hydrogens is 282 g/mol. The molecule has 0 saturated heterocycles. The minimum atomic E-state index is -0.281. The maximum Gasteiger partial charge on any atom is 0.325 e. The van der Waals surface area contributed by atoms with E-state index in [1.807, 2.05) is 36.4 Å². The molecular formula is C13H12BrNO2. The first-order chi connectivity index (χ1) is 8.22. The minimum absolute atomic E-state index is 0.169. The zero-order chi connectivity index (χ0) is 12.3. The van der Waals surface area contributed by atoms with Crippen molar-refractivity contribution < 1.29 is 9.53 Å². The summed E-state index contributed by atoms with van der Waals surface area (Å²) < 4.78 is 5.64. The number of ether oxygens (including phenoxy) is 1. The lowest BCUT2D eigenvalue weighted by molar-refractivity contribution is -0.138. The summed E-state index contributed by atoms with van der Waals surface area (Å²) in [6, 6.07) is 11.9. The van der Waals surface area contributed by atoms with E-state index in [1.165, 1.54) is 7.11 Å². The SMILES string of the molecule is COC(=O)CNc1ccc(Br)c2ccccc12. The van der Waals surface area contributed by atoms with Crippen molar-refractivity contribution in [3.63, 3.8) is 0 Å². The molecule has 0 unspecified atom stereocenters. The minimum Gasteiger partial charge on any atom is -0.468 e. The van der Waals surface area contributed by atoms with E-state index in [2.05, 4.69) is 26.0 Å². The molecule has 3 nitrogen and oxygen atoms in total. The lowest BCUT2D eigenvalue weighted by Crippen LogP contribution is -2.15. The van der Waals surface area contributed by atoms with Gasteiger partial charge in [-0.3, -0.25) is 4.79 Å². The van der Waals surface area contributed by atoms with Gasteiger partial charge in [0.15, 0.2) is 0 Å². The number of esters is 1. The second-order valence-corrected chi connectivity index (χ2v) is 4.42. The maximum absolute atomic E-state index is 11.1. The molecule has 0 atom stereocenters. The molecule has 0 aliphatic heterocycles. The summed E-state index contributed by atoms with van der Waals surface area (Å²) >= 11 is 3.51. The van der Waals surface area contributed by atoms with Gasteiger partial charge in [-0.2, -0.15) is 0 Å². The number of benzene rings is 2. The van der Waals surface area contributed by atoms with Crippen molar-refractivity contribution in [3.05, 3.63) is 40.9 Å². The number of hydrogen-bond donors (Lipinski definition) is 1. The van der Waals surface area contributed by atoms with Crippen molar-refractivity contribution in [1.29, 1.82) is 0 Å². The Morgan fingerprint density at radius 2 is 1.94 bits per heavy atom. The summed E-state index contributed by atoms with van der Waals surface area (Å²) in [5, 5.41) is 5.26. The van der Waals surface area contributed by atoms with E-state index in [0.29, 0.717) is 0 Å². The first-order valence-electron chi connectivity index (χ1n) is 5.20. The van der Waals surface area contributed by atoms with E-state index in [4.69, 9.17) is 0 Å². The van der Waals surface area contributed by atoms with Crippen LogP contribution in [0.2, 0.25) is 0 Å². The lowest BCUT2D eigenvalue weighted by Gasteiger charge is -2.09. The first kappa shape index (κ1) is 11.9. The third-order valence-corrected chi connectivity index (χ3v) is 3.21. The van der Waals surface area contributed by atoms with Gasteiger partial charge in [-0.25, -0.2) is 0 Å². The van der Waals surface area contributed by atoms with Gasteiger partial charge in [0.25, 0.3) is 0 Å². The highest BCUT2D eigenvalue weighted by molar-refractivity contribution is 9.10. The van der Waals surface area contributed by atoms with Gasteiger partial charge in [-0.1, -0.05) is 40.2 Å². The second kappa shape index (κ2) is 5.19. The van der Waals surface area contributed by atoms with Crippen LogP contribution in [0, 0.1) is 0 Å². The summed E-state index contributed by atoms with van der Waals surface area (Å²) in [4.78, 5) is 11.1. The van der Waals surface area contributed by atoms with Crippen LogP contribution < -0.4 is 5.32 Å². The molecule has 2 aromatic carbocycles. The van der Waals surface area contributed by atoms with Crippen LogP contribution >= 0.6 is 15.9 Å². The number of rotatable bonds is 3. The molecule has 0 fully saturated rings. The van der Waals surface area contributed by atoms with Gasteiger partial charge in [-0.05, 0) is 17.5 Å². The summed E-state index contributed by atoms with van der Waals surface area (Å²) in [5.41, 5.74) is 0.925. The summed E-state index contributed by atoms with van der Waals surface area (Å²) in [7, 11) is 1.38. The first-order valence-corrected chi connectivity index (χ1v) is 5.99. The molecule has 0 spiro atoms. The third kappa shape index (κ3) is 2.58. The molecule has 0 saturated carbocycles. The highest BCUT2D eigenvalue weighted by atomic mass is 79.9. The molecule has 0 radical (unpaired) electrons. The zero-order valence-electron chi connectivity index (χ0n) is 9.37. The molecule has 0 amide bonds. The van der Waals surface area contributed by atoms with E-state index in [1.54, 1.807) is 0 Å². The van der Waals surface area contributed by atoms with Gasteiger partial charge in [0, 0.05) is 15.5 Å².